The lowest BCUT2D eigenvalue weighted by atomic mass is 10.2. The van der Waals surface area contributed by atoms with Crippen LogP contribution in [0.1, 0.15) is 16.9 Å². The molecule has 0 saturated carbocycles. The van der Waals surface area contributed by atoms with Crippen LogP contribution in [0.4, 0.5) is 4.79 Å². The summed E-state index contributed by atoms with van der Waals surface area (Å²) in [4.78, 5) is 12.3. The van der Waals surface area contributed by atoms with Crippen molar-refractivity contribution in [2.45, 2.75) is 12.4 Å². The van der Waals surface area contributed by atoms with Crippen molar-refractivity contribution in [3.05, 3.63) is 65.7 Å². The van der Waals surface area contributed by atoms with Gasteiger partial charge in [-0.3, -0.25) is 4.57 Å². The molecule has 2 rings (SSSR count). The standard InChI is InChI=1S/C18H22NO6P/c1-22-16-12-8-7-11-15(16)17(26(21,23-2)24-3)19-18(20)25-13-14-9-5-4-6-10-14/h4-12,17H,13H2,1-3H3,(H,19,20). The first-order valence-corrected chi connectivity index (χ1v) is 9.46. The molecule has 7 nitrogen and oxygen atoms in total. The van der Waals surface area contributed by atoms with Gasteiger partial charge in [0.05, 0.1) is 7.11 Å². The molecule has 140 valence electrons. The lowest BCUT2D eigenvalue weighted by molar-refractivity contribution is 0.136. The van der Waals surface area contributed by atoms with Crippen LogP contribution in [0.2, 0.25) is 0 Å². The Labute approximate surface area is 152 Å². The van der Waals surface area contributed by atoms with Gasteiger partial charge in [0.15, 0.2) is 5.78 Å². The Morgan fingerprint density at radius 2 is 1.62 bits per heavy atom. The van der Waals surface area contributed by atoms with Gasteiger partial charge in [0.25, 0.3) is 0 Å². The van der Waals surface area contributed by atoms with Gasteiger partial charge in [-0.2, -0.15) is 0 Å². The fourth-order valence-corrected chi connectivity index (χ4v) is 3.77. The summed E-state index contributed by atoms with van der Waals surface area (Å²) in [7, 11) is 0.293. The van der Waals surface area contributed by atoms with Gasteiger partial charge in [0, 0.05) is 19.8 Å². The van der Waals surface area contributed by atoms with Crippen LogP contribution in [0.25, 0.3) is 0 Å². The molecule has 0 aliphatic rings. The zero-order valence-electron chi connectivity index (χ0n) is 14.9. The van der Waals surface area contributed by atoms with E-state index in [4.69, 9.17) is 18.5 Å². The Hall–Kier alpha value is -2.34. The first kappa shape index (κ1) is 20.0. The van der Waals surface area contributed by atoms with Gasteiger partial charge in [-0.15, -0.1) is 0 Å². The van der Waals surface area contributed by atoms with Gasteiger partial charge < -0.3 is 23.8 Å². The Balaban J connectivity index is 2.21. The Morgan fingerprint density at radius 1 is 1.00 bits per heavy atom. The van der Waals surface area contributed by atoms with Crippen molar-refractivity contribution in [2.24, 2.45) is 0 Å². The summed E-state index contributed by atoms with van der Waals surface area (Å²) >= 11 is 0. The second-order valence-corrected chi connectivity index (χ2v) is 7.58. The highest BCUT2D eigenvalue weighted by Gasteiger charge is 2.39. The number of rotatable bonds is 8. The molecule has 0 saturated heterocycles. The number of amides is 1. The van der Waals surface area contributed by atoms with Crippen LogP contribution in [0.15, 0.2) is 54.6 Å². The lowest BCUT2D eigenvalue weighted by Gasteiger charge is -2.26. The third-order valence-corrected chi connectivity index (χ3v) is 5.78. The van der Waals surface area contributed by atoms with Crippen LogP contribution in [0, 0.1) is 0 Å². The van der Waals surface area contributed by atoms with Crippen LogP contribution in [-0.2, 0) is 25.0 Å². The Kier molecular flexibility index (Phi) is 7.21. The average molecular weight is 379 g/mol. The maximum Gasteiger partial charge on any atom is 0.408 e. The van der Waals surface area contributed by atoms with Crippen molar-refractivity contribution < 1.29 is 27.9 Å². The molecule has 2 aromatic carbocycles. The number of carbonyl (C=O) groups is 1. The number of para-hydroxylation sites is 1. The minimum atomic E-state index is -3.69. The quantitative estimate of drug-likeness (QED) is 0.695. The third kappa shape index (κ3) is 4.85. The van der Waals surface area contributed by atoms with Crippen LogP contribution in [0.3, 0.4) is 0 Å². The number of alkyl carbamates (subject to hydrolysis) is 1. The summed E-state index contributed by atoms with van der Waals surface area (Å²) in [6, 6.07) is 16.1. The van der Waals surface area contributed by atoms with Crippen LogP contribution in [-0.4, -0.2) is 27.4 Å². The van der Waals surface area contributed by atoms with Crippen LogP contribution in [0.5, 0.6) is 5.75 Å². The van der Waals surface area contributed by atoms with Crippen LogP contribution < -0.4 is 10.1 Å². The van der Waals surface area contributed by atoms with Crippen LogP contribution >= 0.6 is 7.60 Å². The molecule has 2 aromatic rings. The topological polar surface area (TPSA) is 83.1 Å². The molecule has 0 aliphatic heterocycles. The maximum atomic E-state index is 13.0. The fraction of sp³-hybridized carbons (Fsp3) is 0.278. The Bertz CT molecular complexity index is 759. The second-order valence-electron chi connectivity index (χ2n) is 5.26. The molecule has 1 unspecified atom stereocenters. The SMILES string of the molecule is COc1ccccc1C(NC(=O)OCc1ccccc1)P(=O)(OC)OC. The minimum Gasteiger partial charge on any atom is -0.496 e. The number of nitrogens with one attached hydrogen (secondary N) is 1. The molecular formula is C18H22NO6P. The summed E-state index contributed by atoms with van der Waals surface area (Å²) in [6.07, 6.45) is -0.751. The highest BCUT2D eigenvalue weighted by atomic mass is 31.2. The number of ether oxygens (including phenoxy) is 2. The van der Waals surface area contributed by atoms with Crippen molar-refractivity contribution in [3.63, 3.8) is 0 Å². The molecule has 0 fully saturated rings. The van der Waals surface area contributed by atoms with E-state index in [1.54, 1.807) is 24.3 Å². The molecule has 0 heterocycles. The Morgan fingerprint density at radius 3 is 2.23 bits per heavy atom. The van der Waals surface area contributed by atoms with E-state index >= 15 is 0 Å². The third-order valence-electron chi connectivity index (χ3n) is 3.73. The van der Waals surface area contributed by atoms with E-state index in [2.05, 4.69) is 5.32 Å². The zero-order chi connectivity index (χ0) is 19.0. The molecule has 0 aliphatic carbocycles. The zero-order valence-corrected chi connectivity index (χ0v) is 15.8. The summed E-state index contributed by atoms with van der Waals surface area (Å²) in [5.74, 6) is -0.646. The van der Waals surface area contributed by atoms with Crippen molar-refractivity contribution in [3.8, 4) is 5.75 Å². The first-order valence-electron chi connectivity index (χ1n) is 7.85. The van der Waals surface area contributed by atoms with Gasteiger partial charge in [-0.25, -0.2) is 4.79 Å². The van der Waals surface area contributed by atoms with E-state index in [-0.39, 0.29) is 6.61 Å². The summed E-state index contributed by atoms with van der Waals surface area (Å²) in [5, 5.41) is 2.57. The molecule has 26 heavy (non-hydrogen) atoms. The van der Waals surface area contributed by atoms with E-state index in [0.29, 0.717) is 11.3 Å². The molecule has 1 amide bonds. The van der Waals surface area contributed by atoms with Gasteiger partial charge in [0.1, 0.15) is 12.4 Å². The van der Waals surface area contributed by atoms with Crippen molar-refractivity contribution in [1.29, 1.82) is 0 Å². The molecule has 0 spiro atoms. The highest BCUT2D eigenvalue weighted by Crippen LogP contribution is 2.59. The number of benzene rings is 2. The average Bonchev–Trinajstić information content (AvgIpc) is 2.70. The second kappa shape index (κ2) is 9.38. The van der Waals surface area contributed by atoms with Gasteiger partial charge in [-0.05, 0) is 11.6 Å². The van der Waals surface area contributed by atoms with E-state index in [0.717, 1.165) is 5.56 Å². The number of carbonyl (C=O) groups excluding carboxylic acids is 1. The molecule has 0 aromatic heterocycles. The smallest absolute Gasteiger partial charge is 0.408 e. The number of hydrogen-bond acceptors (Lipinski definition) is 6. The molecule has 1 N–H and O–H groups in total. The predicted octanol–water partition coefficient (Wildman–Crippen LogP) is 4.11. The molecule has 8 heteroatoms. The van der Waals surface area contributed by atoms with E-state index in [1.165, 1.54) is 21.3 Å². The van der Waals surface area contributed by atoms with Crippen molar-refractivity contribution in [1.82, 2.24) is 5.32 Å². The van der Waals surface area contributed by atoms with Gasteiger partial charge >= 0.3 is 13.7 Å². The highest BCUT2D eigenvalue weighted by molar-refractivity contribution is 7.54. The lowest BCUT2D eigenvalue weighted by Crippen LogP contribution is -2.30. The van der Waals surface area contributed by atoms with Crippen molar-refractivity contribution >= 4 is 13.7 Å². The predicted molar refractivity (Wildman–Crippen MR) is 97.1 cm³/mol. The van der Waals surface area contributed by atoms with E-state index in [9.17, 15) is 9.36 Å². The monoisotopic (exact) mass is 379 g/mol. The van der Waals surface area contributed by atoms with E-state index in [1.807, 2.05) is 30.3 Å². The molecular weight excluding hydrogens is 357 g/mol. The number of hydrogen-bond donors (Lipinski definition) is 1. The molecule has 0 radical (unpaired) electrons. The van der Waals surface area contributed by atoms with E-state index < -0.39 is 19.5 Å². The minimum absolute atomic E-state index is 0.0790. The van der Waals surface area contributed by atoms with Crippen molar-refractivity contribution in [2.75, 3.05) is 21.3 Å². The fourth-order valence-electron chi connectivity index (χ4n) is 2.38. The maximum absolute atomic E-state index is 13.0. The van der Waals surface area contributed by atoms with Gasteiger partial charge in [-0.1, -0.05) is 48.5 Å². The summed E-state index contributed by atoms with van der Waals surface area (Å²) in [5.41, 5.74) is 1.29. The molecule has 1 atom stereocenters. The first-order chi connectivity index (χ1) is 12.5. The largest absolute Gasteiger partial charge is 0.496 e. The normalized spacial score (nSPS) is 12.3. The molecule has 0 bridgehead atoms. The summed E-state index contributed by atoms with van der Waals surface area (Å²) < 4.78 is 33.6. The van der Waals surface area contributed by atoms with Gasteiger partial charge in [0.2, 0.25) is 0 Å². The number of methoxy groups -OCH3 is 1. The summed E-state index contributed by atoms with van der Waals surface area (Å²) in [6.45, 7) is 0.0790.